The maximum atomic E-state index is 6.13. The van der Waals surface area contributed by atoms with Gasteiger partial charge in [0.1, 0.15) is 5.75 Å². The van der Waals surface area contributed by atoms with Gasteiger partial charge in [0.2, 0.25) is 0 Å². The summed E-state index contributed by atoms with van der Waals surface area (Å²) >= 11 is 6.13. The molecule has 1 fully saturated rings. The molecule has 1 N–H and O–H groups in total. The molecule has 112 valence electrons. The lowest BCUT2D eigenvalue weighted by Gasteiger charge is -2.46. The minimum absolute atomic E-state index is 0.138. The van der Waals surface area contributed by atoms with Gasteiger partial charge in [-0.15, -0.1) is 0 Å². The zero-order valence-electron chi connectivity index (χ0n) is 12.9. The summed E-state index contributed by atoms with van der Waals surface area (Å²) in [4.78, 5) is 2.52. The molecule has 2 rings (SSSR count). The average Bonchev–Trinajstić information content (AvgIpc) is 2.41. The van der Waals surface area contributed by atoms with Crippen molar-refractivity contribution < 1.29 is 4.74 Å². The first kappa shape index (κ1) is 15.6. The molecule has 1 aromatic rings. The highest BCUT2D eigenvalue weighted by Crippen LogP contribution is 2.28. The number of rotatable bonds is 4. The van der Waals surface area contributed by atoms with Crippen LogP contribution in [0.2, 0.25) is 5.02 Å². The maximum Gasteiger partial charge on any atom is 0.123 e. The van der Waals surface area contributed by atoms with Crippen molar-refractivity contribution in [3.63, 3.8) is 0 Å². The zero-order valence-corrected chi connectivity index (χ0v) is 13.6. The van der Waals surface area contributed by atoms with Crippen molar-refractivity contribution in [2.45, 2.75) is 45.3 Å². The van der Waals surface area contributed by atoms with Crippen molar-refractivity contribution in [1.29, 1.82) is 0 Å². The number of methoxy groups -OCH3 is 1. The Morgan fingerprint density at radius 2 is 2.20 bits per heavy atom. The second-order valence-corrected chi connectivity index (χ2v) is 6.57. The smallest absolute Gasteiger partial charge is 0.123 e. The standard InChI is InChI=1S/C16H25ClN2O/c1-5-14-10-19(16(2,3)11-18-14)9-12-8-13(17)6-7-15(12)20-4/h6-8,14,18H,5,9-11H2,1-4H3. The maximum absolute atomic E-state index is 6.13. The predicted octanol–water partition coefficient (Wildman–Crippen LogP) is 3.31. The molecule has 0 spiro atoms. The highest BCUT2D eigenvalue weighted by molar-refractivity contribution is 6.30. The summed E-state index contributed by atoms with van der Waals surface area (Å²) in [6.45, 7) is 9.72. The third-order valence-electron chi connectivity index (χ3n) is 4.22. The lowest BCUT2D eigenvalue weighted by Crippen LogP contribution is -2.61. The molecule has 1 unspecified atom stereocenters. The molecular weight excluding hydrogens is 272 g/mol. The van der Waals surface area contributed by atoms with Gasteiger partial charge in [-0.3, -0.25) is 4.90 Å². The van der Waals surface area contributed by atoms with E-state index in [9.17, 15) is 0 Å². The van der Waals surface area contributed by atoms with Gasteiger partial charge in [0.15, 0.2) is 0 Å². The number of ether oxygens (including phenoxy) is 1. The van der Waals surface area contributed by atoms with Gasteiger partial charge < -0.3 is 10.1 Å². The summed E-state index contributed by atoms with van der Waals surface area (Å²) in [5.41, 5.74) is 1.30. The molecule has 3 nitrogen and oxygen atoms in total. The number of nitrogens with one attached hydrogen (secondary N) is 1. The summed E-state index contributed by atoms with van der Waals surface area (Å²) in [5, 5.41) is 4.38. The van der Waals surface area contributed by atoms with Crippen molar-refractivity contribution in [2.24, 2.45) is 0 Å². The third-order valence-corrected chi connectivity index (χ3v) is 4.45. The number of hydrogen-bond donors (Lipinski definition) is 1. The molecule has 0 saturated carbocycles. The molecule has 0 bridgehead atoms. The molecular formula is C16H25ClN2O. The van der Waals surface area contributed by atoms with Gasteiger partial charge in [-0.2, -0.15) is 0 Å². The van der Waals surface area contributed by atoms with E-state index in [4.69, 9.17) is 16.3 Å². The van der Waals surface area contributed by atoms with Crippen molar-refractivity contribution in [2.75, 3.05) is 20.2 Å². The summed E-state index contributed by atoms with van der Waals surface area (Å²) in [6.07, 6.45) is 1.15. The van der Waals surface area contributed by atoms with E-state index in [2.05, 4.69) is 31.0 Å². The van der Waals surface area contributed by atoms with Crippen molar-refractivity contribution in [3.8, 4) is 5.75 Å². The van der Waals surface area contributed by atoms with E-state index in [1.807, 2.05) is 18.2 Å². The van der Waals surface area contributed by atoms with Crippen LogP contribution in [0.1, 0.15) is 32.8 Å². The molecule has 0 aromatic heterocycles. The zero-order chi connectivity index (χ0) is 14.8. The molecule has 1 aromatic carbocycles. The van der Waals surface area contributed by atoms with E-state index in [0.717, 1.165) is 42.4 Å². The van der Waals surface area contributed by atoms with Crippen LogP contribution in [0.5, 0.6) is 5.75 Å². The minimum atomic E-state index is 0.138. The highest BCUT2D eigenvalue weighted by atomic mass is 35.5. The van der Waals surface area contributed by atoms with Crippen LogP contribution in [0, 0.1) is 0 Å². The largest absolute Gasteiger partial charge is 0.496 e. The van der Waals surface area contributed by atoms with Crippen LogP contribution in [0.3, 0.4) is 0 Å². The van der Waals surface area contributed by atoms with Crippen LogP contribution in [0.4, 0.5) is 0 Å². The first-order valence-electron chi connectivity index (χ1n) is 7.27. The molecule has 1 aliphatic heterocycles. The van der Waals surface area contributed by atoms with Crippen LogP contribution in [-0.2, 0) is 6.54 Å². The van der Waals surface area contributed by atoms with E-state index >= 15 is 0 Å². The van der Waals surface area contributed by atoms with Gasteiger partial charge >= 0.3 is 0 Å². The molecule has 1 heterocycles. The average molecular weight is 297 g/mol. The van der Waals surface area contributed by atoms with Gasteiger partial charge in [-0.25, -0.2) is 0 Å². The summed E-state index contributed by atoms with van der Waals surface area (Å²) in [7, 11) is 1.71. The molecule has 0 radical (unpaired) electrons. The topological polar surface area (TPSA) is 24.5 Å². The fraction of sp³-hybridized carbons (Fsp3) is 0.625. The quantitative estimate of drug-likeness (QED) is 0.922. The molecule has 0 amide bonds. The Bertz CT molecular complexity index is 462. The fourth-order valence-electron chi connectivity index (χ4n) is 2.71. The van der Waals surface area contributed by atoms with E-state index in [0.29, 0.717) is 6.04 Å². The van der Waals surface area contributed by atoms with Crippen LogP contribution < -0.4 is 10.1 Å². The van der Waals surface area contributed by atoms with Gasteiger partial charge in [0.05, 0.1) is 7.11 Å². The summed E-state index contributed by atoms with van der Waals surface area (Å²) < 4.78 is 5.46. The Labute approximate surface area is 127 Å². The predicted molar refractivity (Wildman–Crippen MR) is 84.6 cm³/mol. The Morgan fingerprint density at radius 1 is 1.45 bits per heavy atom. The number of piperazine rings is 1. The first-order valence-corrected chi connectivity index (χ1v) is 7.65. The molecule has 4 heteroatoms. The van der Waals surface area contributed by atoms with E-state index in [1.165, 1.54) is 0 Å². The Balaban J connectivity index is 2.20. The number of benzene rings is 1. The van der Waals surface area contributed by atoms with Crippen molar-refractivity contribution in [3.05, 3.63) is 28.8 Å². The molecule has 1 saturated heterocycles. The second-order valence-electron chi connectivity index (χ2n) is 6.14. The van der Waals surface area contributed by atoms with Crippen LogP contribution in [-0.4, -0.2) is 36.7 Å². The Hall–Kier alpha value is -0.770. The van der Waals surface area contributed by atoms with Gasteiger partial charge in [0.25, 0.3) is 0 Å². The van der Waals surface area contributed by atoms with Gasteiger partial charge in [-0.1, -0.05) is 18.5 Å². The van der Waals surface area contributed by atoms with Gasteiger partial charge in [0, 0.05) is 41.8 Å². The number of halogens is 1. The third kappa shape index (κ3) is 3.46. The van der Waals surface area contributed by atoms with Crippen LogP contribution >= 0.6 is 11.6 Å². The summed E-state index contributed by atoms with van der Waals surface area (Å²) in [5.74, 6) is 0.914. The fourth-order valence-corrected chi connectivity index (χ4v) is 2.91. The molecule has 1 aliphatic rings. The Kier molecular flexibility index (Phi) is 4.95. The lowest BCUT2D eigenvalue weighted by atomic mass is 9.95. The van der Waals surface area contributed by atoms with Crippen LogP contribution in [0.25, 0.3) is 0 Å². The van der Waals surface area contributed by atoms with Gasteiger partial charge in [-0.05, 0) is 38.5 Å². The normalized spacial score (nSPS) is 22.8. The first-order chi connectivity index (χ1) is 9.46. The molecule has 1 atom stereocenters. The van der Waals surface area contributed by atoms with Crippen molar-refractivity contribution in [1.82, 2.24) is 10.2 Å². The highest BCUT2D eigenvalue weighted by Gasteiger charge is 2.33. The molecule has 20 heavy (non-hydrogen) atoms. The Morgan fingerprint density at radius 3 is 2.85 bits per heavy atom. The van der Waals surface area contributed by atoms with E-state index < -0.39 is 0 Å². The van der Waals surface area contributed by atoms with E-state index in [-0.39, 0.29) is 5.54 Å². The monoisotopic (exact) mass is 296 g/mol. The van der Waals surface area contributed by atoms with Crippen LogP contribution in [0.15, 0.2) is 18.2 Å². The number of nitrogens with zero attached hydrogens (tertiary/aromatic N) is 1. The number of hydrogen-bond acceptors (Lipinski definition) is 3. The lowest BCUT2D eigenvalue weighted by molar-refractivity contribution is 0.0570. The van der Waals surface area contributed by atoms with E-state index in [1.54, 1.807) is 7.11 Å². The second kappa shape index (κ2) is 6.33. The summed E-state index contributed by atoms with van der Waals surface area (Å²) in [6, 6.07) is 6.40. The SMILES string of the molecule is CCC1CN(Cc2cc(Cl)ccc2OC)C(C)(C)CN1. The molecule has 0 aliphatic carbocycles. The minimum Gasteiger partial charge on any atom is -0.496 e. The van der Waals surface area contributed by atoms with Crippen molar-refractivity contribution >= 4 is 11.6 Å².